The van der Waals surface area contributed by atoms with Gasteiger partial charge >= 0.3 is 0 Å². The summed E-state index contributed by atoms with van der Waals surface area (Å²) in [5, 5.41) is 3.23. The predicted molar refractivity (Wildman–Crippen MR) is 124 cm³/mol. The fraction of sp³-hybridized carbons (Fsp3) is 0.200. The molecule has 0 saturated heterocycles. The average Bonchev–Trinajstić information content (AvgIpc) is 2.78. The Morgan fingerprint density at radius 3 is 2.62 bits per heavy atom. The van der Waals surface area contributed by atoms with Gasteiger partial charge in [0.05, 0.1) is 17.3 Å². The van der Waals surface area contributed by atoms with E-state index in [1.54, 1.807) is 54.3 Å². The molecule has 0 radical (unpaired) electrons. The molecule has 1 atom stereocenters. The van der Waals surface area contributed by atoms with Crippen molar-refractivity contribution in [1.82, 2.24) is 0 Å². The molecule has 0 bridgehead atoms. The molecule has 164 valence electrons. The topological polar surface area (TPSA) is 67.9 Å². The Morgan fingerprint density at radius 2 is 1.88 bits per heavy atom. The van der Waals surface area contributed by atoms with Crippen molar-refractivity contribution in [3.8, 4) is 11.5 Å². The van der Waals surface area contributed by atoms with Gasteiger partial charge in [-0.05, 0) is 49.7 Å². The summed E-state index contributed by atoms with van der Waals surface area (Å²) < 4.78 is 11.3. The zero-order valence-electron chi connectivity index (χ0n) is 17.8. The number of benzene rings is 3. The van der Waals surface area contributed by atoms with Gasteiger partial charge < -0.3 is 19.7 Å². The van der Waals surface area contributed by atoms with Crippen LogP contribution in [-0.4, -0.2) is 24.5 Å². The second kappa shape index (κ2) is 9.32. The van der Waals surface area contributed by atoms with Gasteiger partial charge in [-0.1, -0.05) is 53.6 Å². The number of anilines is 2. The zero-order valence-corrected chi connectivity index (χ0v) is 18.6. The third-order valence-corrected chi connectivity index (χ3v) is 5.42. The van der Waals surface area contributed by atoms with Gasteiger partial charge in [-0.2, -0.15) is 0 Å². The Balaban J connectivity index is 1.50. The maximum atomic E-state index is 12.9. The van der Waals surface area contributed by atoms with Crippen LogP contribution >= 0.6 is 11.6 Å². The van der Waals surface area contributed by atoms with Crippen molar-refractivity contribution in [2.24, 2.45) is 0 Å². The molecule has 32 heavy (non-hydrogen) atoms. The van der Waals surface area contributed by atoms with E-state index in [0.29, 0.717) is 34.4 Å². The number of hydrogen-bond donors (Lipinski definition) is 1. The third kappa shape index (κ3) is 4.86. The minimum atomic E-state index is -0.586. The number of nitrogens with zero attached hydrogens (tertiary/aromatic N) is 1. The third-order valence-electron chi connectivity index (χ3n) is 5.11. The van der Waals surface area contributed by atoms with Gasteiger partial charge in [0, 0.05) is 5.69 Å². The van der Waals surface area contributed by atoms with Crippen LogP contribution in [0.5, 0.6) is 11.5 Å². The van der Waals surface area contributed by atoms with E-state index in [-0.39, 0.29) is 18.4 Å². The van der Waals surface area contributed by atoms with Crippen molar-refractivity contribution in [1.29, 1.82) is 0 Å². The minimum Gasteiger partial charge on any atom is -0.482 e. The molecule has 1 aliphatic heterocycles. The number of carbonyl (C=O) groups is 2. The van der Waals surface area contributed by atoms with Gasteiger partial charge in [-0.3, -0.25) is 9.59 Å². The molecule has 0 aliphatic carbocycles. The molecule has 3 aromatic rings. The van der Waals surface area contributed by atoms with Crippen LogP contribution in [0.15, 0.2) is 66.7 Å². The SMILES string of the molecule is Cc1ccc(CN2C(=O)C(C)Oc3ccc(NC(=O)COc4ccccc4Cl)cc32)cc1. The van der Waals surface area contributed by atoms with E-state index >= 15 is 0 Å². The van der Waals surface area contributed by atoms with E-state index in [2.05, 4.69) is 5.32 Å². The summed E-state index contributed by atoms with van der Waals surface area (Å²) in [7, 11) is 0. The van der Waals surface area contributed by atoms with Crippen LogP contribution in [0.1, 0.15) is 18.1 Å². The van der Waals surface area contributed by atoms with Gasteiger partial charge in [0.1, 0.15) is 11.5 Å². The molecule has 4 rings (SSSR count). The number of ether oxygens (including phenoxy) is 2. The molecule has 0 spiro atoms. The summed E-state index contributed by atoms with van der Waals surface area (Å²) in [4.78, 5) is 26.9. The van der Waals surface area contributed by atoms with E-state index < -0.39 is 6.10 Å². The average molecular weight is 451 g/mol. The van der Waals surface area contributed by atoms with Crippen molar-refractivity contribution < 1.29 is 19.1 Å². The first-order valence-electron chi connectivity index (χ1n) is 10.3. The lowest BCUT2D eigenvalue weighted by Gasteiger charge is -2.33. The first kappa shape index (κ1) is 21.7. The molecule has 0 saturated carbocycles. The van der Waals surface area contributed by atoms with E-state index in [4.69, 9.17) is 21.1 Å². The molecular weight excluding hydrogens is 428 g/mol. The van der Waals surface area contributed by atoms with Crippen LogP contribution in [0.4, 0.5) is 11.4 Å². The van der Waals surface area contributed by atoms with Crippen molar-refractivity contribution in [2.75, 3.05) is 16.8 Å². The molecule has 1 aliphatic rings. The van der Waals surface area contributed by atoms with Gasteiger partial charge in [0.25, 0.3) is 11.8 Å². The molecule has 2 amide bonds. The maximum absolute atomic E-state index is 12.9. The number of rotatable bonds is 6. The predicted octanol–water partition coefficient (Wildman–Crippen LogP) is 4.98. The van der Waals surface area contributed by atoms with Gasteiger partial charge in [-0.25, -0.2) is 0 Å². The van der Waals surface area contributed by atoms with Crippen LogP contribution in [0.2, 0.25) is 5.02 Å². The van der Waals surface area contributed by atoms with E-state index in [0.717, 1.165) is 11.1 Å². The monoisotopic (exact) mass is 450 g/mol. The number of para-hydroxylation sites is 1. The Morgan fingerprint density at radius 1 is 1.12 bits per heavy atom. The number of amides is 2. The van der Waals surface area contributed by atoms with Gasteiger partial charge in [-0.15, -0.1) is 0 Å². The lowest BCUT2D eigenvalue weighted by molar-refractivity contribution is -0.125. The second-order valence-corrected chi connectivity index (χ2v) is 8.03. The smallest absolute Gasteiger partial charge is 0.268 e. The summed E-state index contributed by atoms with van der Waals surface area (Å²) in [6.45, 7) is 3.97. The highest BCUT2D eigenvalue weighted by Crippen LogP contribution is 2.37. The van der Waals surface area contributed by atoms with Gasteiger partial charge in [0.2, 0.25) is 0 Å². The fourth-order valence-electron chi connectivity index (χ4n) is 3.43. The molecular formula is C25H23ClN2O4. The Hall–Kier alpha value is -3.51. The van der Waals surface area contributed by atoms with Crippen molar-refractivity contribution in [3.63, 3.8) is 0 Å². The molecule has 3 aromatic carbocycles. The van der Waals surface area contributed by atoms with Crippen LogP contribution in [0.25, 0.3) is 0 Å². The molecule has 1 N–H and O–H groups in total. The quantitative estimate of drug-likeness (QED) is 0.575. The highest BCUT2D eigenvalue weighted by Gasteiger charge is 2.31. The standard InChI is InChI=1S/C25H23ClN2O4/c1-16-7-9-18(10-8-16)14-28-21-13-19(11-12-23(21)32-17(2)25(28)30)27-24(29)15-31-22-6-4-3-5-20(22)26/h3-13,17H,14-15H2,1-2H3,(H,27,29). The first-order valence-corrected chi connectivity index (χ1v) is 10.6. The summed E-state index contributed by atoms with van der Waals surface area (Å²) in [6.07, 6.45) is -0.586. The van der Waals surface area contributed by atoms with Gasteiger partial charge in [0.15, 0.2) is 12.7 Å². The van der Waals surface area contributed by atoms with E-state index in [9.17, 15) is 9.59 Å². The van der Waals surface area contributed by atoms with Crippen LogP contribution < -0.4 is 19.7 Å². The Bertz CT molecular complexity index is 1150. The molecule has 0 fully saturated rings. The Kier molecular flexibility index (Phi) is 6.32. The number of carbonyl (C=O) groups excluding carboxylic acids is 2. The summed E-state index contributed by atoms with van der Waals surface area (Å²) in [6, 6.07) is 20.2. The maximum Gasteiger partial charge on any atom is 0.268 e. The molecule has 1 heterocycles. The highest BCUT2D eigenvalue weighted by molar-refractivity contribution is 6.32. The van der Waals surface area contributed by atoms with Crippen molar-refractivity contribution in [3.05, 3.63) is 82.9 Å². The number of hydrogen-bond acceptors (Lipinski definition) is 4. The number of fused-ring (bicyclic) bond motifs is 1. The second-order valence-electron chi connectivity index (χ2n) is 7.62. The summed E-state index contributed by atoms with van der Waals surface area (Å²) in [5.74, 6) is 0.552. The lowest BCUT2D eigenvalue weighted by Crippen LogP contribution is -2.44. The van der Waals surface area contributed by atoms with Crippen LogP contribution in [0.3, 0.4) is 0 Å². The largest absolute Gasteiger partial charge is 0.482 e. The van der Waals surface area contributed by atoms with Crippen LogP contribution in [-0.2, 0) is 16.1 Å². The minimum absolute atomic E-state index is 0.136. The van der Waals surface area contributed by atoms with Crippen LogP contribution in [0, 0.1) is 6.92 Å². The summed E-state index contributed by atoms with van der Waals surface area (Å²) >= 11 is 6.06. The normalized spacial score (nSPS) is 15.0. The van der Waals surface area contributed by atoms with Crippen molar-refractivity contribution in [2.45, 2.75) is 26.5 Å². The highest BCUT2D eigenvalue weighted by atomic mass is 35.5. The fourth-order valence-corrected chi connectivity index (χ4v) is 3.62. The van der Waals surface area contributed by atoms with E-state index in [1.165, 1.54) is 0 Å². The number of halogens is 1. The number of aryl methyl sites for hydroxylation is 1. The molecule has 0 aromatic heterocycles. The molecule has 7 heteroatoms. The lowest BCUT2D eigenvalue weighted by atomic mass is 10.1. The Labute approximate surface area is 191 Å². The zero-order chi connectivity index (χ0) is 22.7. The van der Waals surface area contributed by atoms with Crippen molar-refractivity contribution >= 4 is 34.8 Å². The molecule has 6 nitrogen and oxygen atoms in total. The van der Waals surface area contributed by atoms with E-state index in [1.807, 2.05) is 31.2 Å². The first-order chi connectivity index (χ1) is 15.4. The molecule has 1 unspecified atom stereocenters. The summed E-state index contributed by atoms with van der Waals surface area (Å²) in [5.41, 5.74) is 3.31. The number of nitrogens with one attached hydrogen (secondary N) is 1.